The number of nitrogens with zero attached hydrogens (tertiary/aromatic N) is 10. The van der Waals surface area contributed by atoms with Crippen LogP contribution in [-0.4, -0.2) is 276 Å². The first kappa shape index (κ1) is 98.1. The van der Waals surface area contributed by atoms with Gasteiger partial charge in [0.05, 0.1) is 93.1 Å². The Morgan fingerprint density at radius 1 is 0.520 bits per heavy atom. The summed E-state index contributed by atoms with van der Waals surface area (Å²) in [6.07, 6.45) is 11.9. The zero-order valence-corrected chi connectivity index (χ0v) is 67.0. The highest BCUT2D eigenvalue weighted by molar-refractivity contribution is 7.90. The topological polar surface area (TPSA) is 440 Å². The number of carboxylic acid groups (broad SMARTS) is 1. The summed E-state index contributed by atoms with van der Waals surface area (Å²) in [5, 5.41) is 77.1. The van der Waals surface area contributed by atoms with Crippen molar-refractivity contribution in [3.63, 3.8) is 0 Å². The Kier molecular flexibility index (Phi) is 51.7. The number of sulfonamides is 1. The Bertz CT molecular complexity index is 3020. The number of sulfone groups is 1. The first-order chi connectivity index (χ1) is 47.4. The Labute approximate surface area is 613 Å². The van der Waals surface area contributed by atoms with Gasteiger partial charge in [-0.1, -0.05) is 36.4 Å². The minimum absolute atomic E-state index is 0.0468. The summed E-state index contributed by atoms with van der Waals surface area (Å²) in [6.45, 7) is 40.7. The highest BCUT2D eigenvalue weighted by Crippen LogP contribution is 2.20. The number of likely N-dealkylation sites (N-methyl/N-ethyl adjacent to an activating group) is 1. The second kappa shape index (κ2) is 53.7. The Balaban J connectivity index is -0.00000106. The molecule has 31 heteroatoms. The van der Waals surface area contributed by atoms with Crippen LogP contribution in [-0.2, 0) is 34.2 Å². The van der Waals surface area contributed by atoms with Crippen molar-refractivity contribution in [3.8, 4) is 0 Å². The normalized spacial score (nSPS) is 15.5. The van der Waals surface area contributed by atoms with Gasteiger partial charge in [-0.25, -0.2) is 22.0 Å². The monoisotopic (exact) mass is 1470 g/mol. The number of aliphatic carboxylic acids is 1. The zero-order chi connectivity index (χ0) is 79.0. The van der Waals surface area contributed by atoms with Crippen LogP contribution in [0.1, 0.15) is 158 Å². The standard InChI is InChI=1S/C10H18N2O2.C8H14N2O2.C8H10O2S.C7H14N2.C7H9NO2S.C6H12N2.2C5H10N2.C5H12N2.C4H8N2.C4H10N2.C2H6N2/c1-3-14-10(13)9-4-6-12(7-5-9)8(2)11;1-6(9)10-4-2-7(3-5-10)8(11)12;1-7-5-3-4-6-8(7)11(2,9)10;1-7(8)9-5-3-2-4-6-9;1-6-4-2-3-5-7(6)11(8,9)10;1-6(7)8-4-2-3-5-8;1-5-6-3-4-7(5)2;1-5(6)7-3-2-4-7;1-4-7(3)5(2)6;1-4(5)6-2-3-6;1-4(5)6(2)3;1-2(3)4/h9,11H,3-7H2,1-2H3;7,9H,2-5H2,1H3,(H,11,12);3-6H,1-2H3;8H,2-6H2,1H3;2-5H,1H3,(H2,8,9,10);7H,2-5H2,1H3;3-4H2,1-2H3;6H,2-4H2,1H3;6H,4H2,1-3H3;5H,2-3H2,1H3;5H,1-3H3;1H3,(H3,3,4). The highest BCUT2D eigenvalue weighted by Gasteiger charge is 2.27. The number of carbonyl (C=O) groups is 2. The average molecular weight is 1470 g/mol. The number of hydrogen-bond donors (Lipinski definition) is 12. The maximum absolute atomic E-state index is 11.4. The van der Waals surface area contributed by atoms with Gasteiger partial charge in [-0.2, -0.15) is 0 Å². The lowest BCUT2D eigenvalue weighted by Crippen LogP contribution is -2.40. The van der Waals surface area contributed by atoms with Crippen LogP contribution < -0.4 is 10.9 Å². The third-order valence-corrected chi connectivity index (χ3v) is 18.8. The van der Waals surface area contributed by atoms with E-state index in [4.69, 9.17) is 69.4 Å². The minimum Gasteiger partial charge on any atom is -0.481 e. The van der Waals surface area contributed by atoms with Gasteiger partial charge < -0.3 is 59.7 Å². The number of aliphatic imine (C=N–C) groups is 1. The van der Waals surface area contributed by atoms with Gasteiger partial charge in [-0.3, -0.25) is 63.3 Å². The van der Waals surface area contributed by atoms with E-state index in [1.54, 1.807) is 82.8 Å². The van der Waals surface area contributed by atoms with Gasteiger partial charge >= 0.3 is 11.9 Å². The van der Waals surface area contributed by atoms with E-state index in [-0.39, 0.29) is 28.5 Å². The lowest BCUT2D eigenvalue weighted by molar-refractivity contribution is -0.149. The van der Waals surface area contributed by atoms with Crippen LogP contribution in [0.5, 0.6) is 0 Å². The molecule has 7 aliphatic rings. The fourth-order valence-electron chi connectivity index (χ4n) is 9.22. The number of esters is 1. The number of likely N-dealkylation sites (tertiary alicyclic amines) is 5. The molecule has 7 heterocycles. The molecule has 0 amide bonds. The van der Waals surface area contributed by atoms with Crippen LogP contribution in [0.2, 0.25) is 0 Å². The molecule has 0 saturated carbocycles. The number of nitrogens with one attached hydrogen (secondary N) is 9. The molecule has 0 radical (unpaired) electrons. The number of primary sulfonamides is 1. The molecule has 29 nitrogen and oxygen atoms in total. The molecule has 14 N–H and O–H groups in total. The van der Waals surface area contributed by atoms with Gasteiger partial charge in [0, 0.05) is 126 Å². The lowest BCUT2D eigenvalue weighted by Gasteiger charge is -2.31. The molecule has 6 fully saturated rings. The van der Waals surface area contributed by atoms with E-state index in [1.165, 1.54) is 63.6 Å². The molecule has 102 heavy (non-hydrogen) atoms. The van der Waals surface area contributed by atoms with Crippen molar-refractivity contribution in [2.24, 2.45) is 27.7 Å². The molecule has 9 rings (SSSR count). The number of carboxylic acids is 1. The first-order valence-electron chi connectivity index (χ1n) is 34.9. The summed E-state index contributed by atoms with van der Waals surface area (Å²) < 4.78 is 48.7. The maximum atomic E-state index is 11.4. The maximum Gasteiger partial charge on any atom is 0.309 e. The van der Waals surface area contributed by atoms with Crippen LogP contribution in [0.3, 0.4) is 0 Å². The average Bonchev–Trinajstić information content (AvgIpc) is 1.29. The van der Waals surface area contributed by atoms with Crippen molar-refractivity contribution in [2.75, 3.05) is 139 Å². The van der Waals surface area contributed by atoms with Gasteiger partial charge in [-0.05, 0) is 184 Å². The van der Waals surface area contributed by atoms with E-state index < -0.39 is 25.8 Å². The molecule has 6 saturated heterocycles. The van der Waals surface area contributed by atoms with Crippen molar-refractivity contribution in [3.05, 3.63) is 59.7 Å². The quantitative estimate of drug-likeness (QED) is 0.0554. The van der Waals surface area contributed by atoms with Crippen LogP contribution in [0.25, 0.3) is 0 Å². The van der Waals surface area contributed by atoms with Crippen molar-refractivity contribution in [1.29, 1.82) is 48.7 Å². The summed E-state index contributed by atoms with van der Waals surface area (Å²) in [5.41, 5.74) is 6.17. The molecule has 0 unspecified atom stereocenters. The van der Waals surface area contributed by atoms with Crippen LogP contribution in [0.4, 0.5) is 0 Å². The van der Waals surface area contributed by atoms with E-state index in [9.17, 15) is 26.4 Å². The summed E-state index contributed by atoms with van der Waals surface area (Å²) >= 11 is 0. The number of benzene rings is 2. The Morgan fingerprint density at radius 2 is 0.833 bits per heavy atom. The van der Waals surface area contributed by atoms with E-state index in [1.807, 2.05) is 95.3 Å². The summed E-state index contributed by atoms with van der Waals surface area (Å²) in [6, 6.07) is 13.6. The zero-order valence-electron chi connectivity index (χ0n) is 65.4. The number of hydrogen-bond acceptors (Lipinski definition) is 18. The molecule has 2 aromatic rings. The molecule has 2 aromatic carbocycles. The predicted octanol–water partition coefficient (Wildman–Crippen LogP) is 9.39. The molecule has 0 aromatic heterocycles. The third-order valence-electron chi connectivity index (χ3n) is 16.5. The van der Waals surface area contributed by atoms with Gasteiger partial charge in [0.15, 0.2) is 9.84 Å². The smallest absolute Gasteiger partial charge is 0.309 e. The Morgan fingerprint density at radius 3 is 1.01 bits per heavy atom. The van der Waals surface area contributed by atoms with Crippen molar-refractivity contribution in [2.45, 2.75) is 171 Å². The number of amidine groups is 10. The molecular formula is C71H133N21O8S2. The molecule has 582 valence electrons. The highest BCUT2D eigenvalue weighted by atomic mass is 32.2. The van der Waals surface area contributed by atoms with Crippen LogP contribution in [0.15, 0.2) is 63.3 Å². The van der Waals surface area contributed by atoms with E-state index in [0.29, 0.717) is 78.0 Å². The second-order valence-electron chi connectivity index (χ2n) is 25.7. The molecule has 0 aliphatic carbocycles. The number of nitrogens with two attached hydrogens (primary N) is 2. The number of piperidine rings is 3. The van der Waals surface area contributed by atoms with Crippen molar-refractivity contribution in [1.82, 2.24) is 44.1 Å². The van der Waals surface area contributed by atoms with E-state index in [2.05, 4.69) is 31.6 Å². The summed E-state index contributed by atoms with van der Waals surface area (Å²) in [4.78, 5) is 44.7. The fourth-order valence-corrected chi connectivity index (χ4v) is 11.0. The molecule has 0 bridgehead atoms. The van der Waals surface area contributed by atoms with E-state index >= 15 is 0 Å². The number of ether oxygens (including phenoxy) is 1. The van der Waals surface area contributed by atoms with Gasteiger partial charge in [-0.15, -0.1) is 0 Å². The SMILES string of the molecule is CC(=N)N.CC(=N)N(C)C.CC(=N)N1CC1.CC(=N)N1CCC(C(=O)O)CC1.CC(=N)N1CCC1.CC(=N)N1CCCC1.CC(=N)N1CCCCC1.CC1=NCCN1C.CCN(C)C(C)=N.CCOC(=O)C1CCN(C(C)=N)CC1.Cc1ccccc1S(C)(=O)=O.Cc1ccccc1S(N)(=O)=O. The van der Waals surface area contributed by atoms with Gasteiger partial charge in [0.2, 0.25) is 10.0 Å². The molecule has 0 atom stereocenters. The van der Waals surface area contributed by atoms with Crippen LogP contribution in [0, 0.1) is 74.4 Å². The van der Waals surface area contributed by atoms with Gasteiger partial charge in [0.1, 0.15) is 0 Å². The number of carbonyl (C=O) groups excluding carboxylic acids is 1. The van der Waals surface area contributed by atoms with Crippen molar-refractivity contribution >= 4 is 90.2 Å². The number of aryl methyl sites for hydroxylation is 2. The second-order valence-corrected chi connectivity index (χ2v) is 29.2. The van der Waals surface area contributed by atoms with Crippen molar-refractivity contribution < 1.29 is 36.3 Å². The van der Waals surface area contributed by atoms with Gasteiger partial charge in [0.25, 0.3) is 0 Å². The first-order valence-corrected chi connectivity index (χ1v) is 38.4. The Hall–Kier alpha value is -8.06. The number of rotatable bonds is 6. The predicted molar refractivity (Wildman–Crippen MR) is 421 cm³/mol. The fraction of sp³-hybridized carbons (Fsp3) is 0.662. The van der Waals surface area contributed by atoms with Crippen LogP contribution >= 0.6 is 0 Å². The summed E-state index contributed by atoms with van der Waals surface area (Å²) in [7, 11) is 1.10. The molecule has 0 spiro atoms. The largest absolute Gasteiger partial charge is 0.481 e. The summed E-state index contributed by atoms with van der Waals surface area (Å²) in [5.74, 6) is 5.64. The molecule has 7 aliphatic heterocycles. The third kappa shape index (κ3) is 48.7. The lowest BCUT2D eigenvalue weighted by atomic mass is 9.97. The molecular weight excluding hydrogens is 1340 g/mol. The minimum atomic E-state index is -3.53. The van der Waals surface area contributed by atoms with E-state index in [0.717, 1.165) is 115 Å².